The molecule has 0 radical (unpaired) electrons. The summed E-state index contributed by atoms with van der Waals surface area (Å²) < 4.78 is 9.87. The smallest absolute Gasteiger partial charge is 0.307 e. The van der Waals surface area contributed by atoms with E-state index in [4.69, 9.17) is 10.5 Å². The molecular formula is C12H17NO3. The van der Waals surface area contributed by atoms with Gasteiger partial charge in [0, 0.05) is 11.6 Å². The van der Waals surface area contributed by atoms with Crippen LogP contribution in [-0.4, -0.2) is 20.2 Å². The molecule has 1 aromatic carbocycles. The number of carbonyl (C=O) groups is 1. The molecule has 16 heavy (non-hydrogen) atoms. The number of para-hydroxylation sites is 1. The minimum atomic E-state index is -0.401. The number of hydrogen-bond acceptors (Lipinski definition) is 4. The van der Waals surface area contributed by atoms with E-state index in [0.717, 1.165) is 16.9 Å². The van der Waals surface area contributed by atoms with Gasteiger partial charge in [0.05, 0.1) is 20.6 Å². The molecule has 0 fully saturated rings. The second kappa shape index (κ2) is 5.51. The predicted molar refractivity (Wildman–Crippen MR) is 61.3 cm³/mol. The minimum absolute atomic E-state index is 0.149. The van der Waals surface area contributed by atoms with E-state index in [9.17, 15) is 4.79 Å². The summed E-state index contributed by atoms with van der Waals surface area (Å²) in [6.45, 7) is 1.94. The summed E-state index contributed by atoms with van der Waals surface area (Å²) in [4.78, 5) is 11.1. The quantitative estimate of drug-likeness (QED) is 0.787. The normalized spacial score (nSPS) is 12.0. The fraction of sp³-hybridized carbons (Fsp3) is 0.417. The highest BCUT2D eigenvalue weighted by Gasteiger charge is 2.16. The molecule has 0 spiro atoms. The number of rotatable bonds is 4. The molecule has 0 saturated heterocycles. The van der Waals surface area contributed by atoms with Gasteiger partial charge in [-0.1, -0.05) is 18.2 Å². The van der Waals surface area contributed by atoms with E-state index in [0.29, 0.717) is 0 Å². The van der Waals surface area contributed by atoms with E-state index < -0.39 is 6.04 Å². The Labute approximate surface area is 95.3 Å². The van der Waals surface area contributed by atoms with Gasteiger partial charge in [-0.15, -0.1) is 0 Å². The third-order valence-electron chi connectivity index (χ3n) is 2.46. The second-order valence-electron chi connectivity index (χ2n) is 3.58. The molecule has 0 aliphatic carbocycles. The van der Waals surface area contributed by atoms with Gasteiger partial charge in [-0.25, -0.2) is 0 Å². The third kappa shape index (κ3) is 2.73. The van der Waals surface area contributed by atoms with Crippen LogP contribution in [0.5, 0.6) is 5.75 Å². The Kier molecular flexibility index (Phi) is 4.31. The van der Waals surface area contributed by atoms with Crippen LogP contribution >= 0.6 is 0 Å². The summed E-state index contributed by atoms with van der Waals surface area (Å²) in [6.07, 6.45) is 0.149. The van der Waals surface area contributed by atoms with Crippen LogP contribution in [0.25, 0.3) is 0 Å². The zero-order valence-corrected chi connectivity index (χ0v) is 9.82. The first-order chi connectivity index (χ1) is 7.60. The Morgan fingerprint density at radius 3 is 2.69 bits per heavy atom. The number of ether oxygens (including phenoxy) is 2. The monoisotopic (exact) mass is 223 g/mol. The molecular weight excluding hydrogens is 206 g/mol. The maximum atomic E-state index is 11.1. The SMILES string of the molecule is COC(=O)CC(N)c1cccc(C)c1OC. The standard InChI is InChI=1S/C12H17NO3/c1-8-5-4-6-9(12(8)16-3)10(13)7-11(14)15-2/h4-6,10H,7,13H2,1-3H3. The maximum Gasteiger partial charge on any atom is 0.307 e. The molecule has 0 heterocycles. The number of hydrogen-bond donors (Lipinski definition) is 1. The van der Waals surface area contributed by atoms with Gasteiger partial charge in [0.1, 0.15) is 5.75 Å². The van der Waals surface area contributed by atoms with Crippen molar-refractivity contribution in [3.05, 3.63) is 29.3 Å². The number of carbonyl (C=O) groups excluding carboxylic acids is 1. The molecule has 2 N–H and O–H groups in total. The lowest BCUT2D eigenvalue weighted by atomic mass is 10.0. The summed E-state index contributed by atoms with van der Waals surface area (Å²) in [6, 6.07) is 5.29. The molecule has 0 aromatic heterocycles. The Hall–Kier alpha value is -1.55. The molecule has 4 heteroatoms. The molecule has 1 unspecified atom stereocenters. The summed E-state index contributed by atoms with van der Waals surface area (Å²) in [5, 5.41) is 0. The molecule has 88 valence electrons. The highest BCUT2D eigenvalue weighted by molar-refractivity contribution is 5.70. The van der Waals surface area contributed by atoms with Crippen molar-refractivity contribution in [1.82, 2.24) is 0 Å². The van der Waals surface area contributed by atoms with Gasteiger partial charge in [-0.3, -0.25) is 4.79 Å². The first kappa shape index (κ1) is 12.5. The molecule has 0 aliphatic heterocycles. The fourth-order valence-electron chi connectivity index (χ4n) is 1.62. The fourth-order valence-corrected chi connectivity index (χ4v) is 1.62. The van der Waals surface area contributed by atoms with E-state index in [2.05, 4.69) is 4.74 Å². The average molecular weight is 223 g/mol. The zero-order valence-electron chi connectivity index (χ0n) is 9.82. The second-order valence-corrected chi connectivity index (χ2v) is 3.58. The van der Waals surface area contributed by atoms with Crippen molar-refractivity contribution in [2.45, 2.75) is 19.4 Å². The largest absolute Gasteiger partial charge is 0.496 e. The van der Waals surface area contributed by atoms with Crippen molar-refractivity contribution < 1.29 is 14.3 Å². The van der Waals surface area contributed by atoms with Gasteiger partial charge in [0.15, 0.2) is 0 Å². The van der Waals surface area contributed by atoms with Gasteiger partial charge >= 0.3 is 5.97 Å². The highest BCUT2D eigenvalue weighted by Crippen LogP contribution is 2.28. The minimum Gasteiger partial charge on any atom is -0.496 e. The van der Waals surface area contributed by atoms with Crippen LogP contribution in [0.15, 0.2) is 18.2 Å². The Bertz CT molecular complexity index is 377. The summed E-state index contributed by atoms with van der Waals surface area (Å²) in [5.41, 5.74) is 7.76. The number of nitrogens with two attached hydrogens (primary N) is 1. The highest BCUT2D eigenvalue weighted by atomic mass is 16.5. The lowest BCUT2D eigenvalue weighted by molar-refractivity contribution is -0.141. The number of esters is 1. The van der Waals surface area contributed by atoms with Crippen molar-refractivity contribution in [3.63, 3.8) is 0 Å². The van der Waals surface area contributed by atoms with E-state index >= 15 is 0 Å². The molecule has 0 amide bonds. The van der Waals surface area contributed by atoms with Crippen molar-refractivity contribution in [3.8, 4) is 5.75 Å². The van der Waals surface area contributed by atoms with Crippen molar-refractivity contribution in [1.29, 1.82) is 0 Å². The van der Waals surface area contributed by atoms with E-state index in [1.54, 1.807) is 7.11 Å². The van der Waals surface area contributed by atoms with Gasteiger partial charge in [-0.05, 0) is 12.5 Å². The lowest BCUT2D eigenvalue weighted by Gasteiger charge is -2.16. The number of aryl methyl sites for hydroxylation is 1. The van der Waals surface area contributed by atoms with Crippen LogP contribution in [0.3, 0.4) is 0 Å². The molecule has 1 aromatic rings. The van der Waals surface area contributed by atoms with Gasteiger partial charge in [0.25, 0.3) is 0 Å². The lowest BCUT2D eigenvalue weighted by Crippen LogP contribution is -2.17. The van der Waals surface area contributed by atoms with Gasteiger partial charge in [0.2, 0.25) is 0 Å². The number of benzene rings is 1. The third-order valence-corrected chi connectivity index (χ3v) is 2.46. The molecule has 0 bridgehead atoms. The van der Waals surface area contributed by atoms with Crippen molar-refractivity contribution >= 4 is 5.97 Å². The van der Waals surface area contributed by atoms with E-state index in [-0.39, 0.29) is 12.4 Å². The van der Waals surface area contributed by atoms with Crippen LogP contribution in [0.1, 0.15) is 23.6 Å². The molecule has 0 saturated carbocycles. The molecule has 1 rings (SSSR count). The maximum absolute atomic E-state index is 11.1. The van der Waals surface area contributed by atoms with Crippen LogP contribution in [0.4, 0.5) is 0 Å². The Morgan fingerprint density at radius 2 is 2.12 bits per heavy atom. The Balaban J connectivity index is 2.94. The molecule has 1 atom stereocenters. The molecule has 0 aliphatic rings. The van der Waals surface area contributed by atoms with Crippen LogP contribution in [-0.2, 0) is 9.53 Å². The number of methoxy groups -OCH3 is 2. The van der Waals surface area contributed by atoms with Crippen LogP contribution in [0.2, 0.25) is 0 Å². The summed E-state index contributed by atoms with van der Waals surface area (Å²) >= 11 is 0. The summed E-state index contributed by atoms with van der Waals surface area (Å²) in [5.74, 6) is 0.412. The van der Waals surface area contributed by atoms with Crippen LogP contribution < -0.4 is 10.5 Å². The first-order valence-corrected chi connectivity index (χ1v) is 5.06. The van der Waals surface area contributed by atoms with Crippen molar-refractivity contribution in [2.75, 3.05) is 14.2 Å². The topological polar surface area (TPSA) is 61.5 Å². The van der Waals surface area contributed by atoms with E-state index in [1.807, 2.05) is 25.1 Å². The average Bonchev–Trinajstić information content (AvgIpc) is 2.28. The van der Waals surface area contributed by atoms with Gasteiger partial charge < -0.3 is 15.2 Å². The summed E-state index contributed by atoms with van der Waals surface area (Å²) in [7, 11) is 2.94. The molecule has 4 nitrogen and oxygen atoms in total. The Morgan fingerprint density at radius 1 is 1.44 bits per heavy atom. The first-order valence-electron chi connectivity index (χ1n) is 5.06. The van der Waals surface area contributed by atoms with Gasteiger partial charge in [-0.2, -0.15) is 0 Å². The van der Waals surface area contributed by atoms with Crippen molar-refractivity contribution in [2.24, 2.45) is 5.73 Å². The van der Waals surface area contributed by atoms with Crippen LogP contribution in [0, 0.1) is 6.92 Å². The van der Waals surface area contributed by atoms with E-state index in [1.165, 1.54) is 7.11 Å². The predicted octanol–water partition coefficient (Wildman–Crippen LogP) is 1.57. The zero-order chi connectivity index (χ0) is 12.1.